The molecule has 0 bridgehead atoms. The molecule has 1 heterocycles. The van der Waals surface area contributed by atoms with Crippen LogP contribution in [0.1, 0.15) is 22.1 Å². The number of amides is 1. The van der Waals surface area contributed by atoms with Crippen LogP contribution >= 0.6 is 46.4 Å². The molecule has 2 aromatic carbocycles. The third kappa shape index (κ3) is 2.74. The molecule has 1 atom stereocenters. The summed E-state index contributed by atoms with van der Waals surface area (Å²) in [6.45, 7) is 0. The first kappa shape index (κ1) is 15.0. The van der Waals surface area contributed by atoms with Gasteiger partial charge in [-0.05, 0) is 34.9 Å². The summed E-state index contributed by atoms with van der Waals surface area (Å²) in [5, 5.41) is 3.54. The Morgan fingerprint density at radius 2 is 1.81 bits per heavy atom. The average Bonchev–Trinajstić information content (AvgIpc) is 2.79. The number of hydrogen-bond acceptors (Lipinski definition) is 1. The van der Waals surface area contributed by atoms with Gasteiger partial charge in [0.2, 0.25) is 5.91 Å². The first-order valence-corrected chi connectivity index (χ1v) is 7.74. The van der Waals surface area contributed by atoms with Crippen LogP contribution in [0.15, 0.2) is 30.3 Å². The lowest BCUT2D eigenvalue weighted by atomic mass is 10.0. The number of hydrogen-bond donors (Lipinski definition) is 1. The maximum atomic E-state index is 11.4. The molecule has 1 amide bonds. The Labute approximate surface area is 142 Å². The zero-order valence-corrected chi connectivity index (χ0v) is 13.6. The topological polar surface area (TPSA) is 29.1 Å². The van der Waals surface area contributed by atoms with Crippen molar-refractivity contribution in [3.05, 3.63) is 62.1 Å². The van der Waals surface area contributed by atoms with Crippen molar-refractivity contribution in [2.45, 2.75) is 11.8 Å². The molecule has 0 fully saturated rings. The van der Waals surface area contributed by atoms with Crippen LogP contribution in [-0.2, 0) is 11.2 Å². The van der Waals surface area contributed by atoms with Crippen LogP contribution in [0, 0.1) is 0 Å². The van der Waals surface area contributed by atoms with Gasteiger partial charge < -0.3 is 5.32 Å². The van der Waals surface area contributed by atoms with E-state index >= 15 is 0 Å². The van der Waals surface area contributed by atoms with E-state index in [-0.39, 0.29) is 5.91 Å². The maximum Gasteiger partial charge on any atom is 0.228 e. The minimum Gasteiger partial charge on any atom is -0.325 e. The van der Waals surface area contributed by atoms with Gasteiger partial charge in [-0.15, -0.1) is 11.6 Å². The predicted molar refractivity (Wildman–Crippen MR) is 87.9 cm³/mol. The van der Waals surface area contributed by atoms with Crippen LogP contribution in [0.2, 0.25) is 15.1 Å². The highest BCUT2D eigenvalue weighted by Crippen LogP contribution is 2.41. The van der Waals surface area contributed by atoms with Crippen molar-refractivity contribution in [3.63, 3.8) is 0 Å². The van der Waals surface area contributed by atoms with E-state index in [1.165, 1.54) is 0 Å². The van der Waals surface area contributed by atoms with Crippen molar-refractivity contribution in [2.24, 2.45) is 0 Å². The molecule has 108 valence electrons. The zero-order chi connectivity index (χ0) is 15.1. The first-order valence-electron chi connectivity index (χ1n) is 6.17. The molecule has 1 unspecified atom stereocenters. The monoisotopic (exact) mass is 359 g/mol. The fraction of sp³-hybridized carbons (Fsp3) is 0.133. The first-order chi connectivity index (χ1) is 9.97. The third-order valence-electron chi connectivity index (χ3n) is 3.38. The molecule has 2 aromatic rings. The SMILES string of the molecule is O=C1Cc2cc(C(Cl)c3cccc(Cl)c3Cl)c(Cl)cc2N1. The fourth-order valence-electron chi connectivity index (χ4n) is 2.35. The second kappa shape index (κ2) is 5.69. The molecule has 1 N–H and O–H groups in total. The lowest BCUT2D eigenvalue weighted by molar-refractivity contribution is -0.115. The average molecular weight is 361 g/mol. The number of benzene rings is 2. The van der Waals surface area contributed by atoms with Crippen molar-refractivity contribution in [1.82, 2.24) is 0 Å². The standard InChI is InChI=1S/C15H9Cl4NO/c16-10-3-1-2-8(15(10)19)14(18)9-4-7-5-13(21)20-12(7)6-11(9)17/h1-4,6,14H,5H2,(H,20,21). The summed E-state index contributed by atoms with van der Waals surface area (Å²) in [5.74, 6) is -0.0508. The molecular formula is C15H9Cl4NO. The second-order valence-corrected chi connectivity index (χ2v) is 6.39. The fourth-order valence-corrected chi connectivity index (χ4v) is 3.51. The van der Waals surface area contributed by atoms with E-state index in [1.807, 2.05) is 6.07 Å². The lowest BCUT2D eigenvalue weighted by Gasteiger charge is -2.15. The van der Waals surface area contributed by atoms with Crippen LogP contribution in [0.3, 0.4) is 0 Å². The molecule has 3 rings (SSSR count). The van der Waals surface area contributed by atoms with Gasteiger partial charge >= 0.3 is 0 Å². The van der Waals surface area contributed by atoms with Gasteiger partial charge in [0, 0.05) is 10.7 Å². The number of fused-ring (bicyclic) bond motifs is 1. The summed E-state index contributed by atoms with van der Waals surface area (Å²) in [7, 11) is 0. The molecule has 21 heavy (non-hydrogen) atoms. The minimum atomic E-state index is -0.537. The summed E-state index contributed by atoms with van der Waals surface area (Å²) in [4.78, 5) is 11.4. The quantitative estimate of drug-likeness (QED) is 0.707. The number of alkyl halides is 1. The number of rotatable bonds is 2. The number of carbonyl (C=O) groups is 1. The molecule has 1 aliphatic heterocycles. The van der Waals surface area contributed by atoms with Gasteiger partial charge in [-0.3, -0.25) is 4.79 Å². The highest BCUT2D eigenvalue weighted by atomic mass is 35.5. The lowest BCUT2D eigenvalue weighted by Crippen LogP contribution is -2.03. The van der Waals surface area contributed by atoms with Crippen LogP contribution in [0.5, 0.6) is 0 Å². The van der Waals surface area contributed by atoms with Crippen LogP contribution < -0.4 is 5.32 Å². The van der Waals surface area contributed by atoms with Gasteiger partial charge in [-0.1, -0.05) is 46.9 Å². The minimum absolute atomic E-state index is 0.0508. The summed E-state index contributed by atoms with van der Waals surface area (Å²) in [5.41, 5.74) is 3.00. The molecular weight excluding hydrogens is 352 g/mol. The van der Waals surface area contributed by atoms with Gasteiger partial charge in [0.25, 0.3) is 0 Å². The van der Waals surface area contributed by atoms with E-state index in [0.29, 0.717) is 32.6 Å². The number of carbonyl (C=O) groups excluding carboxylic acids is 1. The molecule has 0 saturated carbocycles. The van der Waals surface area contributed by atoms with Gasteiger partial charge in [-0.25, -0.2) is 0 Å². The Morgan fingerprint density at radius 3 is 2.57 bits per heavy atom. The summed E-state index contributed by atoms with van der Waals surface area (Å²) >= 11 is 25.0. The molecule has 6 heteroatoms. The van der Waals surface area contributed by atoms with Crippen LogP contribution in [0.4, 0.5) is 5.69 Å². The van der Waals surface area contributed by atoms with Gasteiger partial charge in [-0.2, -0.15) is 0 Å². The number of nitrogens with one attached hydrogen (secondary N) is 1. The Morgan fingerprint density at radius 1 is 1.05 bits per heavy atom. The van der Waals surface area contributed by atoms with Crippen molar-refractivity contribution in [3.8, 4) is 0 Å². The van der Waals surface area contributed by atoms with E-state index < -0.39 is 5.38 Å². The van der Waals surface area contributed by atoms with Crippen LogP contribution in [-0.4, -0.2) is 5.91 Å². The van der Waals surface area contributed by atoms with E-state index in [0.717, 1.165) is 11.3 Å². The second-order valence-electron chi connectivity index (χ2n) is 4.76. The molecule has 0 aromatic heterocycles. The van der Waals surface area contributed by atoms with E-state index in [1.54, 1.807) is 24.3 Å². The Bertz CT molecular complexity index is 745. The highest BCUT2D eigenvalue weighted by Gasteiger charge is 2.24. The highest BCUT2D eigenvalue weighted by molar-refractivity contribution is 6.43. The smallest absolute Gasteiger partial charge is 0.228 e. The third-order valence-corrected chi connectivity index (χ3v) is 5.01. The Kier molecular flexibility index (Phi) is 4.06. The molecule has 0 radical (unpaired) electrons. The van der Waals surface area contributed by atoms with Crippen molar-refractivity contribution in [1.29, 1.82) is 0 Å². The maximum absolute atomic E-state index is 11.4. The summed E-state index contributed by atoms with van der Waals surface area (Å²) in [6, 6.07) is 8.84. The van der Waals surface area contributed by atoms with Crippen LogP contribution in [0.25, 0.3) is 0 Å². The molecule has 0 spiro atoms. The molecule has 0 aliphatic carbocycles. The summed E-state index contributed by atoms with van der Waals surface area (Å²) < 4.78 is 0. The van der Waals surface area contributed by atoms with E-state index in [4.69, 9.17) is 46.4 Å². The van der Waals surface area contributed by atoms with Crippen molar-refractivity contribution >= 4 is 58.0 Å². The van der Waals surface area contributed by atoms with E-state index in [9.17, 15) is 4.79 Å². The van der Waals surface area contributed by atoms with Gasteiger partial charge in [0.15, 0.2) is 0 Å². The van der Waals surface area contributed by atoms with Crippen molar-refractivity contribution < 1.29 is 4.79 Å². The van der Waals surface area contributed by atoms with Crippen molar-refractivity contribution in [2.75, 3.05) is 5.32 Å². The zero-order valence-electron chi connectivity index (χ0n) is 10.6. The largest absolute Gasteiger partial charge is 0.325 e. The Balaban J connectivity index is 2.06. The van der Waals surface area contributed by atoms with E-state index in [2.05, 4.69) is 5.32 Å². The van der Waals surface area contributed by atoms with Gasteiger partial charge in [0.05, 0.1) is 21.8 Å². The summed E-state index contributed by atoms with van der Waals surface area (Å²) in [6.07, 6.45) is 0.326. The molecule has 2 nitrogen and oxygen atoms in total. The molecule has 0 saturated heterocycles. The van der Waals surface area contributed by atoms with Gasteiger partial charge in [0.1, 0.15) is 0 Å². The Hall–Kier alpha value is -0.930. The number of anilines is 1. The number of halogens is 4. The normalized spacial score (nSPS) is 14.8. The molecule has 1 aliphatic rings. The predicted octanol–water partition coefficient (Wildman–Crippen LogP) is 5.47.